The zero-order chi connectivity index (χ0) is 11.0. The number of nitrogens with one attached hydrogen (secondary N) is 1. The lowest BCUT2D eigenvalue weighted by Crippen LogP contribution is -2.07. The number of hydrogen-bond donors (Lipinski definition) is 1. The number of rotatable bonds is 1. The van der Waals surface area contributed by atoms with E-state index in [9.17, 15) is 14.9 Å². The Bertz CT molecular complexity index is 603. The first-order valence-electron chi connectivity index (χ1n) is 4.22. The summed E-state index contributed by atoms with van der Waals surface area (Å²) in [6.45, 7) is 1.59. The van der Waals surface area contributed by atoms with Gasteiger partial charge in [0.15, 0.2) is 0 Å². The van der Waals surface area contributed by atoms with Crippen molar-refractivity contribution in [2.45, 2.75) is 6.92 Å². The van der Waals surface area contributed by atoms with Crippen LogP contribution >= 0.6 is 0 Å². The molecular formula is C9H7N3O3. The van der Waals surface area contributed by atoms with E-state index in [1.54, 1.807) is 6.92 Å². The number of fused-ring (bicyclic) bond motifs is 1. The highest BCUT2D eigenvalue weighted by atomic mass is 16.6. The van der Waals surface area contributed by atoms with Crippen LogP contribution in [0.1, 0.15) is 5.56 Å². The summed E-state index contributed by atoms with van der Waals surface area (Å²) in [7, 11) is 0. The smallest absolute Gasteiger partial charge is 0.274 e. The van der Waals surface area contributed by atoms with Crippen molar-refractivity contribution in [2.75, 3.05) is 0 Å². The van der Waals surface area contributed by atoms with Gasteiger partial charge in [0.05, 0.1) is 22.2 Å². The summed E-state index contributed by atoms with van der Waals surface area (Å²) in [6.07, 6.45) is 1.23. The molecule has 15 heavy (non-hydrogen) atoms. The molecule has 76 valence electrons. The molecule has 0 spiro atoms. The van der Waals surface area contributed by atoms with Crippen LogP contribution in [0.5, 0.6) is 0 Å². The Morgan fingerprint density at radius 3 is 2.87 bits per heavy atom. The van der Waals surface area contributed by atoms with Crippen LogP contribution in [0.15, 0.2) is 23.3 Å². The molecule has 1 aromatic heterocycles. The molecule has 2 rings (SSSR count). The minimum Gasteiger partial charge on any atom is -0.313 e. The lowest BCUT2D eigenvalue weighted by molar-refractivity contribution is -0.385. The summed E-state index contributed by atoms with van der Waals surface area (Å²) in [5.74, 6) is 0. The highest BCUT2D eigenvalue weighted by Gasteiger charge is 2.13. The number of nitro benzene ring substituents is 1. The summed E-state index contributed by atoms with van der Waals surface area (Å²) in [5, 5.41) is 11.0. The third kappa shape index (κ3) is 1.45. The van der Waals surface area contributed by atoms with Crippen LogP contribution in [0.3, 0.4) is 0 Å². The van der Waals surface area contributed by atoms with E-state index in [1.165, 1.54) is 18.5 Å². The van der Waals surface area contributed by atoms with E-state index in [2.05, 4.69) is 9.97 Å². The highest BCUT2D eigenvalue weighted by molar-refractivity contribution is 5.81. The van der Waals surface area contributed by atoms with E-state index in [-0.39, 0.29) is 11.2 Å². The Morgan fingerprint density at radius 2 is 2.20 bits per heavy atom. The standard InChI is InChI=1S/C9H7N3O3/c1-5-2-6-7(3-8(5)12(14)15)10-4-11-9(6)13/h2-4H,1H3,(H,10,11,13). The summed E-state index contributed by atoms with van der Waals surface area (Å²) in [4.78, 5) is 27.8. The summed E-state index contributed by atoms with van der Waals surface area (Å²) in [6, 6.07) is 2.78. The molecule has 2 aromatic rings. The Labute approximate surface area is 83.7 Å². The molecule has 6 heteroatoms. The molecule has 1 heterocycles. The monoisotopic (exact) mass is 205 g/mol. The van der Waals surface area contributed by atoms with E-state index in [0.717, 1.165) is 0 Å². The maximum atomic E-state index is 11.3. The van der Waals surface area contributed by atoms with Gasteiger partial charge < -0.3 is 4.98 Å². The van der Waals surface area contributed by atoms with Gasteiger partial charge in [-0.25, -0.2) is 4.98 Å². The fourth-order valence-corrected chi connectivity index (χ4v) is 1.41. The van der Waals surface area contributed by atoms with Crippen molar-refractivity contribution in [3.8, 4) is 0 Å². The number of nitrogens with zero attached hydrogens (tertiary/aromatic N) is 2. The van der Waals surface area contributed by atoms with E-state index in [1.807, 2.05) is 0 Å². The Kier molecular flexibility index (Phi) is 1.96. The zero-order valence-electron chi connectivity index (χ0n) is 7.85. The van der Waals surface area contributed by atoms with Gasteiger partial charge in [-0.05, 0) is 13.0 Å². The van der Waals surface area contributed by atoms with Gasteiger partial charge in [0.25, 0.3) is 11.2 Å². The first kappa shape index (κ1) is 9.32. The number of aromatic nitrogens is 2. The largest absolute Gasteiger partial charge is 0.313 e. The van der Waals surface area contributed by atoms with E-state index in [0.29, 0.717) is 16.5 Å². The van der Waals surface area contributed by atoms with Gasteiger partial charge in [-0.15, -0.1) is 0 Å². The third-order valence-electron chi connectivity index (χ3n) is 2.15. The minimum atomic E-state index is -0.488. The predicted molar refractivity (Wildman–Crippen MR) is 53.8 cm³/mol. The second-order valence-electron chi connectivity index (χ2n) is 3.14. The molecule has 0 aliphatic heterocycles. The van der Waals surface area contributed by atoms with Gasteiger partial charge in [0, 0.05) is 11.6 Å². The van der Waals surface area contributed by atoms with Crippen LogP contribution in [0.25, 0.3) is 10.9 Å². The van der Waals surface area contributed by atoms with Gasteiger partial charge in [-0.2, -0.15) is 0 Å². The Hall–Kier alpha value is -2.24. The van der Waals surface area contributed by atoms with Crippen molar-refractivity contribution in [1.29, 1.82) is 0 Å². The molecule has 0 saturated heterocycles. The minimum absolute atomic E-state index is 0.0272. The molecule has 0 fully saturated rings. The quantitative estimate of drug-likeness (QED) is 0.558. The average Bonchev–Trinajstić information content (AvgIpc) is 2.18. The molecule has 6 nitrogen and oxygen atoms in total. The lowest BCUT2D eigenvalue weighted by atomic mass is 10.1. The molecule has 1 aromatic carbocycles. The lowest BCUT2D eigenvalue weighted by Gasteiger charge is -1.99. The van der Waals surface area contributed by atoms with Crippen molar-refractivity contribution in [3.63, 3.8) is 0 Å². The number of nitro groups is 1. The zero-order valence-corrected chi connectivity index (χ0v) is 7.85. The summed E-state index contributed by atoms with van der Waals surface area (Å²) in [5.41, 5.74) is 0.459. The van der Waals surface area contributed by atoms with Crippen LogP contribution in [0.4, 0.5) is 5.69 Å². The maximum absolute atomic E-state index is 11.3. The topological polar surface area (TPSA) is 88.9 Å². The van der Waals surface area contributed by atoms with Crippen molar-refractivity contribution in [2.24, 2.45) is 0 Å². The van der Waals surface area contributed by atoms with E-state index >= 15 is 0 Å². The molecule has 0 atom stereocenters. The van der Waals surface area contributed by atoms with Gasteiger partial charge >= 0.3 is 0 Å². The first-order valence-corrected chi connectivity index (χ1v) is 4.22. The second-order valence-corrected chi connectivity index (χ2v) is 3.14. The van der Waals surface area contributed by atoms with Crippen molar-refractivity contribution in [3.05, 3.63) is 44.5 Å². The fourth-order valence-electron chi connectivity index (χ4n) is 1.41. The molecular weight excluding hydrogens is 198 g/mol. The van der Waals surface area contributed by atoms with Gasteiger partial charge in [0.2, 0.25) is 0 Å². The fraction of sp³-hybridized carbons (Fsp3) is 0.111. The van der Waals surface area contributed by atoms with Gasteiger partial charge in [-0.1, -0.05) is 0 Å². The SMILES string of the molecule is Cc1cc2c(=O)[nH]cnc2cc1[N+](=O)[O-]. The summed E-state index contributed by atoms with van der Waals surface area (Å²) >= 11 is 0. The second kappa shape index (κ2) is 3.16. The van der Waals surface area contributed by atoms with Crippen molar-refractivity contribution >= 4 is 16.6 Å². The molecule has 0 amide bonds. The maximum Gasteiger partial charge on any atom is 0.274 e. The van der Waals surface area contributed by atoms with Crippen LogP contribution in [-0.2, 0) is 0 Å². The van der Waals surface area contributed by atoms with Crippen LogP contribution in [0, 0.1) is 17.0 Å². The number of H-pyrrole nitrogens is 1. The molecule has 0 aliphatic rings. The highest BCUT2D eigenvalue weighted by Crippen LogP contribution is 2.21. The number of benzene rings is 1. The molecule has 1 N–H and O–H groups in total. The van der Waals surface area contributed by atoms with Crippen LogP contribution in [-0.4, -0.2) is 14.9 Å². The van der Waals surface area contributed by atoms with E-state index < -0.39 is 4.92 Å². The normalized spacial score (nSPS) is 10.5. The molecule has 0 saturated carbocycles. The molecule has 0 bridgehead atoms. The number of hydrogen-bond acceptors (Lipinski definition) is 4. The molecule has 0 radical (unpaired) electrons. The molecule has 0 aliphatic carbocycles. The van der Waals surface area contributed by atoms with E-state index in [4.69, 9.17) is 0 Å². The van der Waals surface area contributed by atoms with Crippen LogP contribution in [0.2, 0.25) is 0 Å². The van der Waals surface area contributed by atoms with Crippen molar-refractivity contribution in [1.82, 2.24) is 9.97 Å². The molecule has 0 unspecified atom stereocenters. The van der Waals surface area contributed by atoms with Crippen LogP contribution < -0.4 is 5.56 Å². The Balaban J connectivity index is 2.88. The predicted octanol–water partition coefficient (Wildman–Crippen LogP) is 1.14. The first-order chi connectivity index (χ1) is 7.09. The third-order valence-corrected chi connectivity index (χ3v) is 2.15. The van der Waals surface area contributed by atoms with Gasteiger partial charge in [0.1, 0.15) is 0 Å². The number of aromatic amines is 1. The van der Waals surface area contributed by atoms with Crippen molar-refractivity contribution < 1.29 is 4.92 Å². The average molecular weight is 205 g/mol. The number of aryl methyl sites for hydroxylation is 1. The van der Waals surface area contributed by atoms with Gasteiger partial charge in [-0.3, -0.25) is 14.9 Å². The Morgan fingerprint density at radius 1 is 1.47 bits per heavy atom. The summed E-state index contributed by atoms with van der Waals surface area (Å²) < 4.78 is 0.